The third-order valence-electron chi connectivity index (χ3n) is 4.06. The van der Waals surface area contributed by atoms with Crippen LogP contribution in [-0.4, -0.2) is 21.6 Å². The fourth-order valence-corrected chi connectivity index (χ4v) is 2.69. The number of nitrogens with one attached hydrogen (secondary N) is 3. The summed E-state index contributed by atoms with van der Waals surface area (Å²) in [5, 5.41) is 5.91. The van der Waals surface area contributed by atoms with Crippen LogP contribution in [0.5, 0.6) is 5.75 Å². The molecule has 4 aromatic rings. The Morgan fingerprint density at radius 2 is 1.90 bits per heavy atom. The van der Waals surface area contributed by atoms with E-state index in [0.29, 0.717) is 22.6 Å². The minimum absolute atomic E-state index is 0.155. The van der Waals surface area contributed by atoms with Crippen molar-refractivity contribution in [3.05, 3.63) is 64.5 Å². The Balaban J connectivity index is 1.55. The van der Waals surface area contributed by atoms with E-state index in [1.165, 1.54) is 6.07 Å². The van der Waals surface area contributed by atoms with Gasteiger partial charge in [0, 0.05) is 29.2 Å². The van der Waals surface area contributed by atoms with Crippen molar-refractivity contribution in [3.8, 4) is 5.75 Å². The molecule has 0 amide bonds. The predicted molar refractivity (Wildman–Crippen MR) is 103 cm³/mol. The molecule has 0 saturated carbocycles. The van der Waals surface area contributed by atoms with Crippen molar-refractivity contribution >= 4 is 34.2 Å². The van der Waals surface area contributed by atoms with E-state index in [2.05, 4.69) is 30.3 Å². The third kappa shape index (κ3) is 4.19. The van der Waals surface area contributed by atoms with Crippen LogP contribution in [0.3, 0.4) is 0 Å². The van der Waals surface area contributed by atoms with E-state index in [0.717, 1.165) is 17.7 Å². The van der Waals surface area contributed by atoms with Crippen LogP contribution in [0.1, 0.15) is 5.56 Å². The van der Waals surface area contributed by atoms with Crippen LogP contribution in [0.15, 0.2) is 51.8 Å². The van der Waals surface area contributed by atoms with Gasteiger partial charge in [0.15, 0.2) is 17.1 Å². The van der Waals surface area contributed by atoms with Crippen LogP contribution in [0.4, 0.5) is 36.3 Å². The summed E-state index contributed by atoms with van der Waals surface area (Å²) < 4.78 is 47.4. The van der Waals surface area contributed by atoms with Gasteiger partial charge in [0.1, 0.15) is 5.82 Å². The molecule has 8 nitrogen and oxygen atoms in total. The summed E-state index contributed by atoms with van der Waals surface area (Å²) in [4.78, 5) is 22.3. The van der Waals surface area contributed by atoms with Crippen LogP contribution in [0, 0.1) is 12.7 Å². The van der Waals surface area contributed by atoms with Crippen LogP contribution in [0.25, 0.3) is 11.1 Å². The van der Waals surface area contributed by atoms with Gasteiger partial charge in [-0.3, -0.25) is 4.98 Å². The van der Waals surface area contributed by atoms with E-state index in [9.17, 15) is 18.0 Å². The molecule has 0 aliphatic rings. The number of H-pyrrole nitrogens is 1. The monoisotopic (exact) mass is 417 g/mol. The van der Waals surface area contributed by atoms with Gasteiger partial charge >= 0.3 is 12.4 Å². The average Bonchev–Trinajstić information content (AvgIpc) is 3.06. The molecule has 0 aliphatic carbocycles. The highest BCUT2D eigenvalue weighted by molar-refractivity contribution is 5.78. The Bertz CT molecular complexity index is 1270. The van der Waals surface area contributed by atoms with E-state index in [1.807, 2.05) is 0 Å². The van der Waals surface area contributed by atoms with E-state index >= 15 is 0 Å². The lowest BCUT2D eigenvalue weighted by atomic mass is 10.2. The van der Waals surface area contributed by atoms with Crippen molar-refractivity contribution in [1.29, 1.82) is 0 Å². The number of oxazole rings is 1. The van der Waals surface area contributed by atoms with Crippen molar-refractivity contribution < 1.29 is 22.3 Å². The second-order valence-corrected chi connectivity index (χ2v) is 6.22. The molecule has 0 unspecified atom stereocenters. The van der Waals surface area contributed by atoms with Crippen molar-refractivity contribution in [2.24, 2.45) is 0 Å². The number of fused-ring (bicyclic) bond motifs is 1. The first-order chi connectivity index (χ1) is 14.4. The highest BCUT2D eigenvalue weighted by Gasteiger charge is 2.12. The molecule has 2 heterocycles. The molecule has 30 heavy (non-hydrogen) atoms. The van der Waals surface area contributed by atoms with Gasteiger partial charge in [-0.05, 0) is 37.3 Å². The average molecular weight is 417 g/mol. The number of nitrogens with zero attached hydrogens (tertiary/aromatic N) is 2. The number of anilines is 4. The number of benzene rings is 2. The van der Waals surface area contributed by atoms with Crippen LogP contribution in [-0.2, 0) is 0 Å². The van der Waals surface area contributed by atoms with Gasteiger partial charge in [-0.25, -0.2) is 14.2 Å². The molecule has 0 bridgehead atoms. The predicted octanol–water partition coefficient (Wildman–Crippen LogP) is 4.45. The van der Waals surface area contributed by atoms with Crippen molar-refractivity contribution in [3.63, 3.8) is 0 Å². The number of hydrogen-bond donors (Lipinski definition) is 3. The maximum Gasteiger partial charge on any atom is 0.417 e. The molecule has 2 aromatic heterocycles. The molecule has 154 valence electrons. The molecule has 2 aromatic carbocycles. The lowest BCUT2D eigenvalue weighted by Gasteiger charge is -2.12. The van der Waals surface area contributed by atoms with Gasteiger partial charge in [0.25, 0.3) is 0 Å². The summed E-state index contributed by atoms with van der Waals surface area (Å²) in [6.45, 7) is -1.33. The quantitative estimate of drug-likeness (QED) is 0.426. The second-order valence-electron chi connectivity index (χ2n) is 6.22. The molecule has 11 heteroatoms. The largest absolute Gasteiger partial charge is 0.432 e. The molecule has 0 atom stereocenters. The van der Waals surface area contributed by atoms with Crippen molar-refractivity contribution in [1.82, 2.24) is 15.0 Å². The summed E-state index contributed by atoms with van der Waals surface area (Å²) >= 11 is 0. The zero-order chi connectivity index (χ0) is 21.3. The van der Waals surface area contributed by atoms with Crippen molar-refractivity contribution in [2.75, 3.05) is 10.6 Å². The number of rotatable bonds is 6. The number of aromatic nitrogens is 3. The van der Waals surface area contributed by atoms with Crippen LogP contribution >= 0.6 is 0 Å². The number of halogens is 3. The zero-order valence-corrected chi connectivity index (χ0v) is 15.4. The first-order valence-corrected chi connectivity index (χ1v) is 8.62. The van der Waals surface area contributed by atoms with E-state index in [4.69, 9.17) is 4.42 Å². The van der Waals surface area contributed by atoms with Gasteiger partial charge in [-0.1, -0.05) is 0 Å². The Kier molecular flexibility index (Phi) is 5.00. The molecular weight excluding hydrogens is 403 g/mol. The SMILES string of the molecule is Cc1cnc(Nc2ccc(OC(F)F)c(F)c2)nc1Nc1ccc2oc(=O)[nH]c2c1. The molecule has 0 fully saturated rings. The minimum atomic E-state index is -3.12. The molecule has 0 aliphatic heterocycles. The highest BCUT2D eigenvalue weighted by Crippen LogP contribution is 2.26. The third-order valence-corrected chi connectivity index (χ3v) is 4.06. The minimum Gasteiger partial charge on any atom is -0.432 e. The van der Waals surface area contributed by atoms with E-state index in [1.54, 1.807) is 31.3 Å². The lowest BCUT2D eigenvalue weighted by molar-refractivity contribution is -0.0521. The Morgan fingerprint density at radius 1 is 1.13 bits per heavy atom. The van der Waals surface area contributed by atoms with E-state index in [-0.39, 0.29) is 11.6 Å². The summed E-state index contributed by atoms with van der Waals surface area (Å²) in [6.07, 6.45) is 1.56. The van der Waals surface area contributed by atoms with E-state index < -0.39 is 23.9 Å². The zero-order valence-electron chi connectivity index (χ0n) is 15.4. The number of aromatic amines is 1. The van der Waals surface area contributed by atoms with Crippen LogP contribution in [0.2, 0.25) is 0 Å². The second kappa shape index (κ2) is 7.78. The Labute approximate surface area is 166 Å². The molecule has 0 saturated heterocycles. The number of hydrogen-bond acceptors (Lipinski definition) is 7. The van der Waals surface area contributed by atoms with Gasteiger partial charge < -0.3 is 19.8 Å². The normalized spacial score (nSPS) is 11.1. The van der Waals surface area contributed by atoms with Gasteiger partial charge in [-0.2, -0.15) is 13.8 Å². The van der Waals surface area contributed by atoms with Gasteiger partial charge in [-0.15, -0.1) is 0 Å². The molecule has 0 spiro atoms. The van der Waals surface area contributed by atoms with Gasteiger partial charge in [0.05, 0.1) is 5.52 Å². The number of aryl methyl sites for hydroxylation is 1. The summed E-state index contributed by atoms with van der Waals surface area (Å²) in [7, 11) is 0. The summed E-state index contributed by atoms with van der Waals surface area (Å²) in [5.41, 5.74) is 2.58. The maximum absolute atomic E-state index is 13.9. The molecular formula is C19H14F3N5O3. The summed E-state index contributed by atoms with van der Waals surface area (Å²) in [6, 6.07) is 8.48. The fraction of sp³-hybridized carbons (Fsp3) is 0.105. The number of alkyl halides is 2. The maximum atomic E-state index is 13.9. The van der Waals surface area contributed by atoms with Gasteiger partial charge in [0.2, 0.25) is 5.95 Å². The standard InChI is InChI=1S/C19H14F3N5O3/c1-9-8-23-18(25-10-2-4-14(12(20)6-10)29-17(21)22)27-16(9)24-11-3-5-15-13(7-11)26-19(28)30-15/h2-8,17H,1H3,(H,26,28)(H2,23,24,25,27). The topological polar surface area (TPSA) is 105 Å². The smallest absolute Gasteiger partial charge is 0.417 e. The number of ether oxygens (including phenoxy) is 1. The molecule has 0 radical (unpaired) electrons. The Morgan fingerprint density at radius 3 is 2.67 bits per heavy atom. The van der Waals surface area contributed by atoms with Crippen LogP contribution < -0.4 is 21.1 Å². The Hall–Kier alpha value is -4.02. The summed E-state index contributed by atoms with van der Waals surface area (Å²) in [5.74, 6) is -1.44. The fourth-order valence-electron chi connectivity index (χ4n) is 2.69. The van der Waals surface area contributed by atoms with Crippen molar-refractivity contribution in [2.45, 2.75) is 13.5 Å². The molecule has 4 rings (SSSR count). The lowest BCUT2D eigenvalue weighted by Crippen LogP contribution is -2.05. The molecule has 3 N–H and O–H groups in total. The first-order valence-electron chi connectivity index (χ1n) is 8.62. The highest BCUT2D eigenvalue weighted by atomic mass is 19.3. The first kappa shape index (κ1) is 19.3.